The molecule has 0 unspecified atom stereocenters. The number of carbonyl (C=O) groups excluding carboxylic acids is 1. The summed E-state index contributed by atoms with van der Waals surface area (Å²) in [6.07, 6.45) is 3.61. The Bertz CT molecular complexity index is 171. The van der Waals surface area contributed by atoms with E-state index in [1.54, 1.807) is 7.11 Å². The van der Waals surface area contributed by atoms with E-state index in [2.05, 4.69) is 6.92 Å². The van der Waals surface area contributed by atoms with Crippen LogP contribution in [-0.4, -0.2) is 18.0 Å². The quantitative estimate of drug-likeness (QED) is 0.625. The van der Waals surface area contributed by atoms with Crippen molar-refractivity contribution in [3.8, 4) is 0 Å². The summed E-state index contributed by atoms with van der Waals surface area (Å²) in [5, 5.41) is -0.187. The molecule has 0 bridgehead atoms. The highest BCUT2D eigenvalue weighted by atomic mass is 35.5. The summed E-state index contributed by atoms with van der Waals surface area (Å²) >= 11 is 5.41. The molecular formula is C9H15ClO2. The third-order valence-electron chi connectivity index (χ3n) is 2.86. The average molecular weight is 191 g/mol. The van der Waals surface area contributed by atoms with Crippen molar-refractivity contribution >= 4 is 16.8 Å². The molecule has 0 amide bonds. The van der Waals surface area contributed by atoms with Gasteiger partial charge in [-0.1, -0.05) is 0 Å². The Morgan fingerprint density at radius 3 is 2.33 bits per heavy atom. The van der Waals surface area contributed by atoms with E-state index in [4.69, 9.17) is 16.3 Å². The van der Waals surface area contributed by atoms with Gasteiger partial charge in [-0.25, -0.2) is 0 Å². The highest BCUT2D eigenvalue weighted by Crippen LogP contribution is 2.34. The molecule has 1 aliphatic carbocycles. The molecule has 0 spiro atoms. The first-order valence-electron chi connectivity index (χ1n) is 4.32. The van der Waals surface area contributed by atoms with Gasteiger partial charge in [0.2, 0.25) is 5.24 Å². The summed E-state index contributed by atoms with van der Waals surface area (Å²) in [5.41, 5.74) is -0.0250. The van der Waals surface area contributed by atoms with Crippen LogP contribution in [0.4, 0.5) is 0 Å². The third-order valence-corrected chi connectivity index (χ3v) is 3.17. The van der Waals surface area contributed by atoms with Crippen LogP contribution in [0.2, 0.25) is 0 Å². The molecule has 0 heterocycles. The molecule has 0 N–H and O–H groups in total. The summed E-state index contributed by atoms with van der Waals surface area (Å²) in [7, 11) is 1.73. The lowest BCUT2D eigenvalue weighted by Crippen LogP contribution is -2.34. The number of hydrogen-bond donors (Lipinski definition) is 0. The van der Waals surface area contributed by atoms with Crippen LogP contribution in [0.1, 0.15) is 32.6 Å². The van der Waals surface area contributed by atoms with Crippen molar-refractivity contribution in [3.05, 3.63) is 0 Å². The molecule has 0 radical (unpaired) electrons. The molecule has 70 valence electrons. The van der Waals surface area contributed by atoms with Crippen LogP contribution >= 0.6 is 11.6 Å². The largest absolute Gasteiger partial charge is 0.379 e. The molecule has 1 saturated carbocycles. The molecule has 3 heteroatoms. The molecule has 0 aromatic rings. The Morgan fingerprint density at radius 2 is 2.00 bits per heavy atom. The monoisotopic (exact) mass is 190 g/mol. The van der Waals surface area contributed by atoms with E-state index in [0.717, 1.165) is 25.7 Å². The topological polar surface area (TPSA) is 26.3 Å². The molecule has 1 rings (SSSR count). The van der Waals surface area contributed by atoms with Gasteiger partial charge in [0.15, 0.2) is 0 Å². The summed E-state index contributed by atoms with van der Waals surface area (Å²) in [4.78, 5) is 10.8. The van der Waals surface area contributed by atoms with E-state index in [9.17, 15) is 4.79 Å². The Kier molecular flexibility index (Phi) is 3.13. The zero-order valence-electron chi connectivity index (χ0n) is 7.60. The molecule has 0 aromatic heterocycles. The molecule has 2 nitrogen and oxygen atoms in total. The summed E-state index contributed by atoms with van der Waals surface area (Å²) in [6.45, 7) is 2.09. The van der Waals surface area contributed by atoms with Gasteiger partial charge in [0, 0.05) is 13.0 Å². The van der Waals surface area contributed by atoms with Crippen molar-refractivity contribution in [2.75, 3.05) is 7.11 Å². The Morgan fingerprint density at radius 1 is 1.50 bits per heavy atom. The van der Waals surface area contributed by atoms with Gasteiger partial charge in [-0.2, -0.15) is 0 Å². The Labute approximate surface area is 78.2 Å². The smallest absolute Gasteiger partial charge is 0.224 e. The fourth-order valence-electron chi connectivity index (χ4n) is 1.66. The number of ether oxygens (including phenoxy) is 1. The number of halogens is 1. The minimum Gasteiger partial charge on any atom is -0.379 e. The van der Waals surface area contributed by atoms with Crippen LogP contribution in [0.25, 0.3) is 0 Å². The zero-order chi connectivity index (χ0) is 9.19. The lowest BCUT2D eigenvalue weighted by molar-refractivity contribution is -0.118. The fourth-order valence-corrected chi connectivity index (χ4v) is 1.88. The second-order valence-corrected chi connectivity index (χ2v) is 4.10. The van der Waals surface area contributed by atoms with Crippen LogP contribution in [0.3, 0.4) is 0 Å². The van der Waals surface area contributed by atoms with Crippen LogP contribution in [0, 0.1) is 5.92 Å². The van der Waals surface area contributed by atoms with Gasteiger partial charge in [-0.05, 0) is 44.2 Å². The van der Waals surface area contributed by atoms with Crippen molar-refractivity contribution in [1.82, 2.24) is 0 Å². The summed E-state index contributed by atoms with van der Waals surface area (Å²) in [6, 6.07) is 0. The maximum atomic E-state index is 10.8. The van der Waals surface area contributed by atoms with Gasteiger partial charge >= 0.3 is 0 Å². The second-order valence-electron chi connectivity index (χ2n) is 3.73. The van der Waals surface area contributed by atoms with Crippen LogP contribution in [-0.2, 0) is 9.53 Å². The molecule has 0 aromatic carbocycles. The first kappa shape index (κ1) is 10.0. The lowest BCUT2D eigenvalue weighted by atomic mass is 9.80. The van der Waals surface area contributed by atoms with E-state index < -0.39 is 0 Å². The first-order chi connectivity index (χ1) is 5.57. The summed E-state index contributed by atoms with van der Waals surface area (Å²) in [5.74, 6) is 0.0647. The van der Waals surface area contributed by atoms with Crippen LogP contribution < -0.4 is 0 Å². The van der Waals surface area contributed by atoms with E-state index in [0.29, 0.717) is 0 Å². The van der Waals surface area contributed by atoms with Gasteiger partial charge in [-0.15, -0.1) is 0 Å². The summed E-state index contributed by atoms with van der Waals surface area (Å²) < 4.78 is 5.35. The number of rotatable bonds is 2. The standard InChI is InChI=1S/C9H15ClO2/c1-9(12-2)5-3-7(4-6-9)8(10)11/h7H,3-6H2,1-2H3. The zero-order valence-corrected chi connectivity index (χ0v) is 8.36. The molecule has 1 aliphatic rings. The van der Waals surface area contributed by atoms with Crippen molar-refractivity contribution in [2.24, 2.45) is 5.92 Å². The van der Waals surface area contributed by atoms with Crippen LogP contribution in [0.5, 0.6) is 0 Å². The number of methoxy groups -OCH3 is 1. The third kappa shape index (κ3) is 2.20. The molecule has 0 atom stereocenters. The maximum Gasteiger partial charge on any atom is 0.224 e. The van der Waals surface area contributed by atoms with E-state index in [1.165, 1.54) is 0 Å². The van der Waals surface area contributed by atoms with Gasteiger partial charge in [0.1, 0.15) is 0 Å². The van der Waals surface area contributed by atoms with Gasteiger partial charge in [0.25, 0.3) is 0 Å². The maximum absolute atomic E-state index is 10.8. The Balaban J connectivity index is 2.44. The predicted octanol–water partition coefficient (Wildman–Crippen LogP) is 2.35. The lowest BCUT2D eigenvalue weighted by Gasteiger charge is -2.34. The van der Waals surface area contributed by atoms with Crippen molar-refractivity contribution < 1.29 is 9.53 Å². The van der Waals surface area contributed by atoms with Gasteiger partial charge in [0.05, 0.1) is 5.60 Å². The van der Waals surface area contributed by atoms with E-state index in [1.807, 2.05) is 0 Å². The first-order valence-corrected chi connectivity index (χ1v) is 4.70. The molecule has 0 saturated heterocycles. The minimum atomic E-state index is -0.187. The van der Waals surface area contributed by atoms with E-state index >= 15 is 0 Å². The van der Waals surface area contributed by atoms with Gasteiger partial charge in [-0.3, -0.25) is 4.79 Å². The Hall–Kier alpha value is -0.0800. The van der Waals surface area contributed by atoms with E-state index in [-0.39, 0.29) is 16.8 Å². The highest BCUT2D eigenvalue weighted by Gasteiger charge is 2.32. The van der Waals surface area contributed by atoms with Crippen molar-refractivity contribution in [2.45, 2.75) is 38.2 Å². The highest BCUT2D eigenvalue weighted by molar-refractivity contribution is 6.63. The minimum absolute atomic E-state index is 0.0250. The number of carbonyl (C=O) groups is 1. The van der Waals surface area contributed by atoms with Gasteiger partial charge < -0.3 is 4.74 Å². The normalized spacial score (nSPS) is 36.4. The average Bonchev–Trinajstić information content (AvgIpc) is 2.05. The molecule has 0 aliphatic heterocycles. The second kappa shape index (κ2) is 3.75. The van der Waals surface area contributed by atoms with Crippen LogP contribution in [0.15, 0.2) is 0 Å². The molecule has 1 fully saturated rings. The number of hydrogen-bond acceptors (Lipinski definition) is 2. The van der Waals surface area contributed by atoms with Crippen molar-refractivity contribution in [1.29, 1.82) is 0 Å². The SMILES string of the molecule is COC1(C)CCC(C(=O)Cl)CC1. The fraction of sp³-hybridized carbons (Fsp3) is 0.889. The predicted molar refractivity (Wildman–Crippen MR) is 48.2 cm³/mol. The molecular weight excluding hydrogens is 176 g/mol. The van der Waals surface area contributed by atoms with Crippen molar-refractivity contribution in [3.63, 3.8) is 0 Å². The molecule has 12 heavy (non-hydrogen) atoms.